The minimum atomic E-state index is -0.461. The summed E-state index contributed by atoms with van der Waals surface area (Å²) in [7, 11) is 0. The lowest BCUT2D eigenvalue weighted by Gasteiger charge is -2.28. The predicted molar refractivity (Wildman–Crippen MR) is 113 cm³/mol. The van der Waals surface area contributed by atoms with Crippen molar-refractivity contribution >= 4 is 29.5 Å². The molecule has 4 N–H and O–H groups in total. The maximum Gasteiger partial charge on any atom is 0.254 e. The van der Waals surface area contributed by atoms with Crippen LogP contribution in [-0.2, 0) is 27.3 Å². The maximum absolute atomic E-state index is 11.5. The highest BCUT2D eigenvalue weighted by molar-refractivity contribution is 6.00. The summed E-state index contributed by atoms with van der Waals surface area (Å²) in [5.74, 6) is 0.951. The number of aromatic nitrogens is 2. The van der Waals surface area contributed by atoms with Gasteiger partial charge in [0.05, 0.1) is 38.9 Å². The van der Waals surface area contributed by atoms with Crippen LogP contribution in [0.3, 0.4) is 0 Å². The minimum absolute atomic E-state index is 0.0190. The molecule has 4 rings (SSSR count). The summed E-state index contributed by atoms with van der Waals surface area (Å²) in [6, 6.07) is 7.28. The van der Waals surface area contributed by atoms with E-state index >= 15 is 0 Å². The number of hydrogen-bond acceptors (Lipinski definition) is 9. The lowest BCUT2D eigenvalue weighted by molar-refractivity contribution is -0.117. The molecule has 31 heavy (non-hydrogen) atoms. The van der Waals surface area contributed by atoms with Crippen molar-refractivity contribution in [1.82, 2.24) is 15.3 Å². The molecule has 2 aromatic rings. The van der Waals surface area contributed by atoms with Gasteiger partial charge in [0, 0.05) is 24.8 Å². The molecule has 11 heteroatoms. The standard InChI is InChI=1S/C20H23N7O4/c21-16(28)11-22-12-17-25-18(27-3-5-30-6-4-27)9-20(26-17)31-23-10-13-1-2-15-14(7-13)8-19(29)24-15/h1-2,7,9-10,22H,3-6,8,11-12H2,(H2,21,28)(H,24,29)/b23-10+. The molecular weight excluding hydrogens is 402 g/mol. The topological polar surface area (TPSA) is 144 Å². The number of hydrogen-bond donors (Lipinski definition) is 3. The van der Waals surface area contributed by atoms with Crippen LogP contribution in [0, 0.1) is 0 Å². The molecule has 0 atom stereocenters. The van der Waals surface area contributed by atoms with E-state index in [4.69, 9.17) is 15.3 Å². The lowest BCUT2D eigenvalue weighted by atomic mass is 10.1. The van der Waals surface area contributed by atoms with Crippen LogP contribution in [0.25, 0.3) is 0 Å². The first-order chi connectivity index (χ1) is 15.1. The zero-order valence-electron chi connectivity index (χ0n) is 16.8. The SMILES string of the molecule is NC(=O)CNCc1nc(O/N=C/c2ccc3c(c2)CC(=O)N3)cc(N2CCOCC2)n1. The predicted octanol–water partition coefficient (Wildman–Crippen LogP) is -0.204. The van der Waals surface area contributed by atoms with Crippen molar-refractivity contribution < 1.29 is 19.2 Å². The summed E-state index contributed by atoms with van der Waals surface area (Å²) in [6.07, 6.45) is 1.92. The number of nitrogens with one attached hydrogen (secondary N) is 2. The highest BCUT2D eigenvalue weighted by Gasteiger charge is 2.17. The molecule has 0 aliphatic carbocycles. The third kappa shape index (κ3) is 5.53. The largest absolute Gasteiger partial charge is 0.378 e. The van der Waals surface area contributed by atoms with Crippen LogP contribution in [0.5, 0.6) is 5.88 Å². The molecule has 2 aliphatic heterocycles. The Morgan fingerprint density at radius 2 is 2.16 bits per heavy atom. The molecule has 3 heterocycles. The van der Waals surface area contributed by atoms with Gasteiger partial charge >= 0.3 is 0 Å². The minimum Gasteiger partial charge on any atom is -0.378 e. The number of nitrogens with two attached hydrogens (primary N) is 1. The monoisotopic (exact) mass is 425 g/mol. The number of anilines is 2. The summed E-state index contributed by atoms with van der Waals surface area (Å²) in [5, 5.41) is 9.73. The third-order valence-corrected chi connectivity index (χ3v) is 4.76. The summed E-state index contributed by atoms with van der Waals surface area (Å²) in [5.41, 5.74) is 7.72. The molecule has 0 unspecified atom stereocenters. The number of morpholine rings is 1. The quantitative estimate of drug-likeness (QED) is 0.389. The second-order valence-corrected chi connectivity index (χ2v) is 7.12. The van der Waals surface area contributed by atoms with Gasteiger partial charge in [0.2, 0.25) is 11.8 Å². The Hall–Kier alpha value is -3.57. The number of benzene rings is 1. The zero-order chi connectivity index (χ0) is 21.6. The van der Waals surface area contributed by atoms with Gasteiger partial charge in [0.1, 0.15) is 11.6 Å². The molecule has 0 bridgehead atoms. The highest BCUT2D eigenvalue weighted by Crippen LogP contribution is 2.23. The number of primary amides is 1. The number of oxime groups is 1. The molecule has 1 aromatic carbocycles. The van der Waals surface area contributed by atoms with Gasteiger partial charge in [-0.15, -0.1) is 0 Å². The van der Waals surface area contributed by atoms with Gasteiger partial charge in [0.15, 0.2) is 0 Å². The van der Waals surface area contributed by atoms with Gasteiger partial charge in [-0.1, -0.05) is 11.2 Å². The second kappa shape index (κ2) is 9.49. The van der Waals surface area contributed by atoms with Crippen molar-refractivity contribution in [3.63, 3.8) is 0 Å². The third-order valence-electron chi connectivity index (χ3n) is 4.76. The van der Waals surface area contributed by atoms with Gasteiger partial charge in [-0.25, -0.2) is 4.98 Å². The van der Waals surface area contributed by atoms with Crippen molar-refractivity contribution in [2.75, 3.05) is 43.1 Å². The molecule has 1 saturated heterocycles. The molecular formula is C20H23N7O4. The van der Waals surface area contributed by atoms with E-state index in [0.717, 1.165) is 16.8 Å². The molecule has 0 spiro atoms. The van der Waals surface area contributed by atoms with Gasteiger partial charge in [-0.2, -0.15) is 4.98 Å². The van der Waals surface area contributed by atoms with Crippen LogP contribution >= 0.6 is 0 Å². The Morgan fingerprint density at radius 1 is 1.32 bits per heavy atom. The summed E-state index contributed by atoms with van der Waals surface area (Å²) < 4.78 is 5.40. The number of ether oxygens (including phenoxy) is 1. The van der Waals surface area contributed by atoms with Gasteiger partial charge in [-0.3, -0.25) is 9.59 Å². The van der Waals surface area contributed by atoms with E-state index in [1.165, 1.54) is 0 Å². The first kappa shape index (κ1) is 20.7. The van der Waals surface area contributed by atoms with Crippen LogP contribution in [0.15, 0.2) is 29.4 Å². The Labute approximate surface area is 178 Å². The molecule has 11 nitrogen and oxygen atoms in total. The van der Waals surface area contributed by atoms with Crippen LogP contribution in [0.1, 0.15) is 17.0 Å². The maximum atomic E-state index is 11.5. The molecule has 2 amide bonds. The van der Waals surface area contributed by atoms with Crippen LogP contribution < -0.4 is 26.1 Å². The Balaban J connectivity index is 1.48. The highest BCUT2D eigenvalue weighted by atomic mass is 16.6. The van der Waals surface area contributed by atoms with Gasteiger partial charge in [0.25, 0.3) is 5.88 Å². The van der Waals surface area contributed by atoms with Gasteiger partial charge < -0.3 is 30.8 Å². The molecule has 0 radical (unpaired) electrons. The van der Waals surface area contributed by atoms with Crippen molar-refractivity contribution in [1.29, 1.82) is 0 Å². The smallest absolute Gasteiger partial charge is 0.254 e. The van der Waals surface area contributed by atoms with Crippen LogP contribution in [0.4, 0.5) is 11.5 Å². The van der Waals surface area contributed by atoms with E-state index in [1.807, 2.05) is 18.2 Å². The summed E-state index contributed by atoms with van der Waals surface area (Å²) >= 11 is 0. The van der Waals surface area contributed by atoms with E-state index in [9.17, 15) is 9.59 Å². The molecule has 1 aromatic heterocycles. The summed E-state index contributed by atoms with van der Waals surface area (Å²) in [6.45, 7) is 2.92. The van der Waals surface area contributed by atoms with Crippen molar-refractivity contribution in [2.24, 2.45) is 10.9 Å². The average Bonchev–Trinajstić information content (AvgIpc) is 3.13. The van der Waals surface area contributed by atoms with E-state index < -0.39 is 5.91 Å². The first-order valence-electron chi connectivity index (χ1n) is 9.90. The van der Waals surface area contributed by atoms with E-state index in [1.54, 1.807) is 12.3 Å². The normalized spacial score (nSPS) is 15.7. The zero-order valence-corrected chi connectivity index (χ0v) is 16.8. The fourth-order valence-corrected chi connectivity index (χ4v) is 3.31. The Bertz CT molecular complexity index is 1010. The molecule has 0 saturated carbocycles. The number of nitrogens with zero attached hydrogens (tertiary/aromatic N) is 4. The number of carbonyl (C=O) groups is 2. The van der Waals surface area contributed by atoms with Crippen molar-refractivity contribution in [3.8, 4) is 5.88 Å². The summed E-state index contributed by atoms with van der Waals surface area (Å²) in [4.78, 5) is 38.9. The number of carbonyl (C=O) groups excluding carboxylic acids is 2. The van der Waals surface area contributed by atoms with E-state index in [0.29, 0.717) is 44.4 Å². The average molecular weight is 425 g/mol. The van der Waals surface area contributed by atoms with E-state index in [2.05, 4.69) is 30.7 Å². The Kier molecular flexibility index (Phi) is 6.34. The van der Waals surface area contributed by atoms with E-state index in [-0.39, 0.29) is 24.9 Å². The van der Waals surface area contributed by atoms with Crippen LogP contribution in [-0.4, -0.2) is 60.8 Å². The van der Waals surface area contributed by atoms with Gasteiger partial charge in [-0.05, 0) is 23.3 Å². The van der Waals surface area contributed by atoms with Crippen LogP contribution in [0.2, 0.25) is 0 Å². The second-order valence-electron chi connectivity index (χ2n) is 7.12. The fourth-order valence-electron chi connectivity index (χ4n) is 3.31. The lowest BCUT2D eigenvalue weighted by Crippen LogP contribution is -2.37. The molecule has 1 fully saturated rings. The number of fused-ring (bicyclic) bond motifs is 1. The molecule has 2 aliphatic rings. The van der Waals surface area contributed by atoms with Crippen molar-refractivity contribution in [2.45, 2.75) is 13.0 Å². The fraction of sp³-hybridized carbons (Fsp3) is 0.350. The number of amides is 2. The first-order valence-corrected chi connectivity index (χ1v) is 9.90. The van der Waals surface area contributed by atoms with Crippen molar-refractivity contribution in [3.05, 3.63) is 41.2 Å². The number of rotatable bonds is 8. The molecule has 162 valence electrons. The Morgan fingerprint density at radius 3 is 2.97 bits per heavy atom.